The number of benzene rings is 9. The molecule has 0 aliphatic heterocycles. The van der Waals surface area contributed by atoms with Crippen LogP contribution in [0.2, 0.25) is 0 Å². The predicted octanol–water partition coefficient (Wildman–Crippen LogP) is 8.28. The molecule has 0 bridgehead atoms. The van der Waals surface area contributed by atoms with Crippen molar-refractivity contribution in [3.8, 4) is 0 Å². The molecule has 297 valence electrons. The average Bonchev–Trinajstić information content (AvgIpc) is 3.74. The molecule has 0 saturated carbocycles. The summed E-state index contributed by atoms with van der Waals surface area (Å²) in [5.74, 6) is 0. The number of rotatable bonds is 6. The first kappa shape index (κ1) is 41.5. The molecule has 0 amide bonds. The molecule has 0 radical (unpaired) electrons. The van der Waals surface area contributed by atoms with Gasteiger partial charge in [0.25, 0.3) is 0 Å². The van der Waals surface area contributed by atoms with Crippen LogP contribution in [0.3, 0.4) is 0 Å². The molecule has 0 heterocycles. The third kappa shape index (κ3) is 6.56. The minimum absolute atomic E-state index is 0. The van der Waals surface area contributed by atoms with E-state index in [1.807, 2.05) is 0 Å². The summed E-state index contributed by atoms with van der Waals surface area (Å²) in [5.41, 5.74) is 19.2. The molecule has 61 heavy (non-hydrogen) atoms. The Kier molecular flexibility index (Phi) is 11.0. The molecule has 2 aliphatic rings. The second-order valence-electron chi connectivity index (χ2n) is 17.4. The third-order valence-electron chi connectivity index (χ3n) is 14.0. The van der Waals surface area contributed by atoms with E-state index >= 15 is 0 Å². The van der Waals surface area contributed by atoms with Gasteiger partial charge in [0.2, 0.25) is 0 Å². The predicted molar refractivity (Wildman–Crippen MR) is 253 cm³/mol. The molecule has 11 rings (SSSR count). The first-order valence-electron chi connectivity index (χ1n) is 21.1. The fourth-order valence-electron chi connectivity index (χ4n) is 11.6. The van der Waals surface area contributed by atoms with Crippen molar-refractivity contribution < 1.29 is 43.7 Å². The molecule has 2 aliphatic carbocycles. The van der Waals surface area contributed by atoms with Crippen molar-refractivity contribution in [3.63, 3.8) is 0 Å². The van der Waals surface area contributed by atoms with E-state index in [1.54, 1.807) is 22.3 Å². The zero-order valence-electron chi connectivity index (χ0n) is 35.1. The van der Waals surface area contributed by atoms with Crippen molar-refractivity contribution in [2.75, 3.05) is 0 Å². The fraction of sp³-hybridized carbons (Fsp3) is 0.123. The van der Waals surface area contributed by atoms with Crippen LogP contribution in [0.5, 0.6) is 0 Å². The molecule has 4 heteroatoms. The zero-order chi connectivity index (χ0) is 40.0. The monoisotopic (exact) mass is 919 g/mol. The van der Waals surface area contributed by atoms with Crippen LogP contribution in [0.1, 0.15) is 71.2 Å². The van der Waals surface area contributed by atoms with E-state index in [1.165, 1.54) is 97.3 Å². The van der Waals surface area contributed by atoms with Crippen molar-refractivity contribution in [2.45, 2.75) is 39.1 Å². The number of halogens is 2. The van der Waals surface area contributed by atoms with E-state index in [2.05, 4.69) is 210 Å². The van der Waals surface area contributed by atoms with Crippen LogP contribution in [0, 0.1) is 13.8 Å². The van der Waals surface area contributed by atoms with Crippen LogP contribution in [-0.4, -0.2) is 6.88 Å². The summed E-state index contributed by atoms with van der Waals surface area (Å²) in [6.07, 6.45) is 0. The van der Waals surface area contributed by atoms with Gasteiger partial charge in [0.15, 0.2) is 0 Å². The molecule has 0 aromatic heterocycles. The molecule has 0 N–H and O–H groups in total. The molecule has 9 aromatic carbocycles. The fourth-order valence-corrected chi connectivity index (χ4v) is 33.3. The third-order valence-corrected chi connectivity index (χ3v) is 32.1. The van der Waals surface area contributed by atoms with E-state index in [4.69, 9.17) is 0 Å². The van der Waals surface area contributed by atoms with Gasteiger partial charge in [-0.2, -0.15) is 0 Å². The topological polar surface area (TPSA) is 0 Å². The number of hydrogen-bond donors (Lipinski definition) is 0. The maximum Gasteiger partial charge on any atom is -1.00 e. The molecule has 2 atom stereocenters. The quantitative estimate of drug-likeness (QED) is 0.117. The average molecular weight is 922 g/mol. The van der Waals surface area contributed by atoms with Gasteiger partial charge in [0.1, 0.15) is 0 Å². The summed E-state index contributed by atoms with van der Waals surface area (Å²) >= 11 is -3.64. The molecular weight excluding hydrogens is 875 g/mol. The van der Waals surface area contributed by atoms with Crippen LogP contribution in [0.25, 0.3) is 54.2 Å². The van der Waals surface area contributed by atoms with Gasteiger partial charge in [-0.25, -0.2) is 0 Å². The van der Waals surface area contributed by atoms with Crippen LogP contribution < -0.4 is 24.8 Å². The Hall–Kier alpha value is -4.82. The van der Waals surface area contributed by atoms with Gasteiger partial charge in [-0.1, -0.05) is 0 Å². The normalized spacial score (nSPS) is 16.2. The maximum atomic E-state index is 2.52. The molecule has 2 unspecified atom stereocenters. The first-order valence-corrected chi connectivity index (χ1v) is 31.6. The van der Waals surface area contributed by atoms with Crippen molar-refractivity contribution in [3.05, 3.63) is 237 Å². The van der Waals surface area contributed by atoms with Crippen molar-refractivity contribution in [2.24, 2.45) is 0 Å². The Morgan fingerprint density at radius 2 is 0.754 bits per heavy atom. The number of hydrogen-bond acceptors (Lipinski definition) is 0. The molecule has 0 spiro atoms. The largest absolute Gasteiger partial charge is 1.00 e. The van der Waals surface area contributed by atoms with E-state index in [-0.39, 0.29) is 24.8 Å². The van der Waals surface area contributed by atoms with Gasteiger partial charge in [0.05, 0.1) is 0 Å². The second-order valence-corrected chi connectivity index (χ2v) is 35.0. The van der Waals surface area contributed by atoms with Gasteiger partial charge < -0.3 is 24.8 Å². The van der Waals surface area contributed by atoms with Crippen molar-refractivity contribution in [1.29, 1.82) is 0 Å². The Morgan fingerprint density at radius 3 is 1.20 bits per heavy atom. The maximum absolute atomic E-state index is 3.64. The van der Waals surface area contributed by atoms with Crippen molar-refractivity contribution in [1.82, 2.24) is 0 Å². The molecule has 0 saturated heterocycles. The number of aryl methyl sites for hydroxylation is 2. The number of allylic oxidation sites excluding steroid dienone is 2. The van der Waals surface area contributed by atoms with Crippen LogP contribution >= 0.6 is 0 Å². The molecular formula is C57H47Cl2SiZr. The smallest absolute Gasteiger partial charge is 1.00 e. The van der Waals surface area contributed by atoms with Gasteiger partial charge in [-0.15, -0.1) is 0 Å². The first-order chi connectivity index (χ1) is 28.8. The van der Waals surface area contributed by atoms with Gasteiger partial charge in [-0.3, -0.25) is 0 Å². The van der Waals surface area contributed by atoms with Gasteiger partial charge in [0, 0.05) is 0 Å². The Balaban J connectivity index is 0.00000238. The zero-order valence-corrected chi connectivity index (χ0v) is 40.5. The van der Waals surface area contributed by atoms with E-state index in [0.717, 1.165) is 0 Å². The van der Waals surface area contributed by atoms with E-state index < -0.39 is 18.9 Å². The second kappa shape index (κ2) is 16.1. The molecule has 0 nitrogen and oxygen atoms in total. The summed E-state index contributed by atoms with van der Waals surface area (Å²) in [6, 6.07) is 67.1. The summed E-state index contributed by atoms with van der Waals surface area (Å²) in [6.45, 7) is 12.3. The van der Waals surface area contributed by atoms with Crippen LogP contribution in [-0.2, 0) is 23.0 Å². The van der Waals surface area contributed by atoms with Crippen LogP contribution in [0.15, 0.2) is 187 Å². The Bertz CT molecular complexity index is 3140. The van der Waals surface area contributed by atoms with E-state index in [9.17, 15) is 0 Å². The minimum atomic E-state index is -3.64. The summed E-state index contributed by atoms with van der Waals surface area (Å²) in [7, 11) is 0. The standard InChI is InChI=1S/2C25H19.C7H7.2ClH.H2Si.Zr/c2*1-16-7-5-11-21-23(16)13-17(2)25(21)22-12-6-10-20-14-18-8-3-4-9-19(18)15-24(20)22;1-7-5-3-2-4-6-7;;;;/h2*3-15H,1-2H3;2-6H,1H2;2*1H;1H2;/q;;;;;;+2/p-2. The summed E-state index contributed by atoms with van der Waals surface area (Å²) in [5, 5.41) is 10.5. The molecule has 0 fully saturated rings. The van der Waals surface area contributed by atoms with Gasteiger partial charge >= 0.3 is 356 Å². The SMILES string of the molecule is CC1=C(c2cccc3cc4ccccc4cc23)c2cccc(C)c2[CH]1[Zr+2](=[SiH2])([CH2]c1ccccc1)[CH]1C(C)=C(c2cccc3cc4ccccc4cc23)c2cccc(C)c21.[Cl-].[Cl-]. The minimum Gasteiger partial charge on any atom is -1.00 e. The van der Waals surface area contributed by atoms with Crippen LogP contribution in [0.4, 0.5) is 0 Å². The van der Waals surface area contributed by atoms with Gasteiger partial charge in [-0.05, 0) is 0 Å². The summed E-state index contributed by atoms with van der Waals surface area (Å²) in [4.78, 5) is 0. The molecule has 9 aromatic rings. The number of fused-ring (bicyclic) bond motifs is 6. The summed E-state index contributed by atoms with van der Waals surface area (Å²) < 4.78 is 1.96. The van der Waals surface area contributed by atoms with Crippen molar-refractivity contribution >= 4 is 61.1 Å². The van der Waals surface area contributed by atoms with E-state index in [0.29, 0.717) is 7.25 Å². The Labute approximate surface area is 378 Å². The Morgan fingerprint density at radius 1 is 0.393 bits per heavy atom.